The predicted molar refractivity (Wildman–Crippen MR) is 120 cm³/mol. The minimum atomic E-state index is -0.763. The van der Waals surface area contributed by atoms with E-state index in [-0.39, 0.29) is 17.6 Å². The van der Waals surface area contributed by atoms with Gasteiger partial charge in [-0.15, -0.1) is 0 Å². The maximum Gasteiger partial charge on any atom is 0.419 e. The quantitative estimate of drug-likeness (QED) is 0.581. The topological polar surface area (TPSA) is 95.3 Å². The molecule has 32 heavy (non-hydrogen) atoms. The number of carbonyl (C=O) groups is 2. The normalized spacial score (nSPS) is 16.0. The van der Waals surface area contributed by atoms with Crippen LogP contribution in [0, 0.1) is 12.8 Å². The van der Waals surface area contributed by atoms with E-state index in [9.17, 15) is 9.59 Å². The van der Waals surface area contributed by atoms with Gasteiger partial charge in [-0.3, -0.25) is 14.8 Å². The lowest BCUT2D eigenvalue weighted by molar-refractivity contribution is -0.116. The van der Waals surface area contributed by atoms with Crippen LogP contribution in [-0.4, -0.2) is 33.9 Å². The summed E-state index contributed by atoms with van der Waals surface area (Å²) in [5.41, 5.74) is 4.75. The monoisotopic (exact) mass is 434 g/mol. The number of aromatic nitrogens is 3. The number of ether oxygens (including phenoxy) is 2. The number of amides is 2. The molecule has 8 heteroatoms. The maximum atomic E-state index is 12.0. The minimum absolute atomic E-state index is 0.00580. The van der Waals surface area contributed by atoms with E-state index in [4.69, 9.17) is 14.5 Å². The fourth-order valence-corrected chi connectivity index (χ4v) is 4.02. The van der Waals surface area contributed by atoms with Gasteiger partial charge in [0, 0.05) is 29.0 Å². The number of aryl methyl sites for hydroxylation is 2. The number of hydrogen-bond donors (Lipinski definition) is 1. The van der Waals surface area contributed by atoms with E-state index in [1.807, 2.05) is 36.9 Å². The van der Waals surface area contributed by atoms with Crippen molar-refractivity contribution in [2.75, 3.05) is 7.11 Å². The van der Waals surface area contributed by atoms with Crippen LogP contribution in [0.5, 0.6) is 5.88 Å². The number of nitrogens with one attached hydrogen (secondary N) is 1. The van der Waals surface area contributed by atoms with Crippen LogP contribution in [0.1, 0.15) is 37.8 Å². The van der Waals surface area contributed by atoms with Crippen LogP contribution in [0.3, 0.4) is 0 Å². The average molecular weight is 434 g/mol. The van der Waals surface area contributed by atoms with E-state index >= 15 is 0 Å². The molecule has 4 rings (SSSR count). The van der Waals surface area contributed by atoms with Crippen LogP contribution in [0.15, 0.2) is 42.3 Å². The summed E-state index contributed by atoms with van der Waals surface area (Å²) < 4.78 is 12.6. The van der Waals surface area contributed by atoms with Crippen molar-refractivity contribution in [3.05, 3.63) is 53.4 Å². The Morgan fingerprint density at radius 3 is 2.66 bits per heavy atom. The lowest BCUT2D eigenvalue weighted by Gasteiger charge is -2.20. The number of imide groups is 1. The van der Waals surface area contributed by atoms with E-state index in [1.54, 1.807) is 13.2 Å². The number of allylic oxidation sites excluding steroid dienone is 1. The molecule has 1 aliphatic rings. The summed E-state index contributed by atoms with van der Waals surface area (Å²) in [6.45, 7) is 8.95. The van der Waals surface area contributed by atoms with Crippen molar-refractivity contribution in [2.24, 2.45) is 5.92 Å². The molecular weight excluding hydrogens is 408 g/mol. The third-order valence-electron chi connectivity index (χ3n) is 5.70. The molecule has 1 aliphatic heterocycles. The Kier molecular flexibility index (Phi) is 5.69. The van der Waals surface area contributed by atoms with Gasteiger partial charge in [-0.25, -0.2) is 9.78 Å². The lowest BCUT2D eigenvalue weighted by Crippen LogP contribution is -2.19. The number of nitrogens with zero attached hydrogens (tertiary/aromatic N) is 3. The second-order valence-electron chi connectivity index (χ2n) is 8.13. The first kappa shape index (κ1) is 21.5. The number of methoxy groups -OCH3 is 1. The van der Waals surface area contributed by atoms with Crippen LogP contribution in [0.4, 0.5) is 4.79 Å². The minimum Gasteiger partial charge on any atom is -0.481 e. The summed E-state index contributed by atoms with van der Waals surface area (Å²) in [5.74, 6) is -0.212. The van der Waals surface area contributed by atoms with Crippen LogP contribution in [0.25, 0.3) is 22.2 Å². The molecule has 0 spiro atoms. The van der Waals surface area contributed by atoms with Gasteiger partial charge in [0.05, 0.1) is 24.5 Å². The van der Waals surface area contributed by atoms with Gasteiger partial charge < -0.3 is 9.47 Å². The van der Waals surface area contributed by atoms with Gasteiger partial charge in [0.2, 0.25) is 5.88 Å². The Morgan fingerprint density at radius 2 is 2.03 bits per heavy atom. The number of rotatable bonds is 6. The van der Waals surface area contributed by atoms with E-state index in [0.29, 0.717) is 5.88 Å². The number of alkyl carbamates (subject to hydrolysis) is 1. The van der Waals surface area contributed by atoms with Gasteiger partial charge in [0.15, 0.2) is 5.76 Å². The molecule has 1 aromatic carbocycles. The van der Waals surface area contributed by atoms with E-state index in [0.717, 1.165) is 39.8 Å². The van der Waals surface area contributed by atoms with E-state index in [2.05, 4.69) is 36.4 Å². The molecule has 1 fully saturated rings. The molecule has 1 unspecified atom stereocenters. The highest BCUT2D eigenvalue weighted by Gasteiger charge is 2.29. The van der Waals surface area contributed by atoms with Crippen LogP contribution >= 0.6 is 0 Å². The number of carbonyl (C=O) groups excluding carboxylic acids is 2. The largest absolute Gasteiger partial charge is 0.481 e. The van der Waals surface area contributed by atoms with Crippen molar-refractivity contribution >= 4 is 22.9 Å². The number of fused-ring (bicyclic) bond motifs is 1. The maximum absolute atomic E-state index is 12.0. The highest BCUT2D eigenvalue weighted by atomic mass is 16.6. The van der Waals surface area contributed by atoms with Crippen molar-refractivity contribution in [3.63, 3.8) is 0 Å². The molecule has 0 aliphatic carbocycles. The molecule has 1 saturated heterocycles. The molecule has 2 aromatic heterocycles. The standard InChI is InChI=1S/C24H26N4O4/c1-6-28-20-10-15(9-14(4)18(20)12-25-28)19-8-7-16(23(26-19)31-5)17(13(2)3)11-21-22(29)27-24(30)32-21/h7-13,17H,6H2,1-5H3,(H,27,29,30)/b21-11-. The Bertz CT molecular complexity index is 1240. The molecule has 2 amide bonds. The number of pyridine rings is 1. The predicted octanol–water partition coefficient (Wildman–Crippen LogP) is 4.33. The zero-order chi connectivity index (χ0) is 23.0. The zero-order valence-electron chi connectivity index (χ0n) is 18.8. The zero-order valence-corrected chi connectivity index (χ0v) is 18.8. The molecule has 8 nitrogen and oxygen atoms in total. The Balaban J connectivity index is 1.77. The van der Waals surface area contributed by atoms with Crippen molar-refractivity contribution in [3.8, 4) is 17.1 Å². The van der Waals surface area contributed by atoms with Gasteiger partial charge in [-0.2, -0.15) is 5.10 Å². The van der Waals surface area contributed by atoms with Crippen molar-refractivity contribution in [2.45, 2.75) is 40.2 Å². The van der Waals surface area contributed by atoms with Gasteiger partial charge in [-0.1, -0.05) is 19.9 Å². The number of benzene rings is 1. The molecular formula is C24H26N4O4. The third-order valence-corrected chi connectivity index (χ3v) is 5.70. The summed E-state index contributed by atoms with van der Waals surface area (Å²) >= 11 is 0. The first-order chi connectivity index (χ1) is 15.3. The lowest BCUT2D eigenvalue weighted by atomic mass is 9.88. The van der Waals surface area contributed by atoms with Gasteiger partial charge in [0.1, 0.15) is 0 Å². The second-order valence-corrected chi connectivity index (χ2v) is 8.13. The van der Waals surface area contributed by atoms with Crippen molar-refractivity contribution in [1.82, 2.24) is 20.1 Å². The average Bonchev–Trinajstić information content (AvgIpc) is 3.33. The SMILES string of the molecule is CCn1ncc2c(C)cc(-c3ccc(C(/C=C4\OC(=O)NC4=O)C(C)C)c(OC)n3)cc21. The van der Waals surface area contributed by atoms with E-state index < -0.39 is 12.0 Å². The summed E-state index contributed by atoms with van der Waals surface area (Å²) in [5, 5.41) is 7.70. The summed E-state index contributed by atoms with van der Waals surface area (Å²) in [6, 6.07) is 8.08. The fraction of sp³-hybridized carbons (Fsp3) is 0.333. The molecule has 0 bridgehead atoms. The first-order valence-electron chi connectivity index (χ1n) is 10.6. The van der Waals surface area contributed by atoms with Crippen LogP contribution < -0.4 is 10.1 Å². The van der Waals surface area contributed by atoms with Gasteiger partial charge >= 0.3 is 6.09 Å². The molecule has 1 atom stereocenters. The van der Waals surface area contributed by atoms with Gasteiger partial charge in [-0.05, 0) is 49.6 Å². The Morgan fingerprint density at radius 1 is 1.25 bits per heavy atom. The highest BCUT2D eigenvalue weighted by molar-refractivity contribution is 6.07. The molecule has 0 saturated carbocycles. The Labute approximate surface area is 186 Å². The molecule has 0 radical (unpaired) electrons. The van der Waals surface area contributed by atoms with Crippen LogP contribution in [0.2, 0.25) is 0 Å². The molecule has 166 valence electrons. The number of hydrogen-bond acceptors (Lipinski definition) is 6. The number of cyclic esters (lactones) is 1. The Hall–Kier alpha value is -3.68. The summed E-state index contributed by atoms with van der Waals surface area (Å²) in [7, 11) is 1.57. The van der Waals surface area contributed by atoms with Crippen LogP contribution in [-0.2, 0) is 16.1 Å². The van der Waals surface area contributed by atoms with Gasteiger partial charge in [0.25, 0.3) is 5.91 Å². The third kappa shape index (κ3) is 3.84. The fourth-order valence-electron chi connectivity index (χ4n) is 4.02. The smallest absolute Gasteiger partial charge is 0.419 e. The first-order valence-corrected chi connectivity index (χ1v) is 10.6. The summed E-state index contributed by atoms with van der Waals surface area (Å²) in [4.78, 5) is 28.1. The van der Waals surface area contributed by atoms with Crippen molar-refractivity contribution < 1.29 is 19.1 Å². The summed E-state index contributed by atoms with van der Waals surface area (Å²) in [6.07, 6.45) is 2.78. The molecule has 3 heterocycles. The molecule has 3 aromatic rings. The van der Waals surface area contributed by atoms with E-state index in [1.165, 1.54) is 0 Å². The second kappa shape index (κ2) is 8.45. The molecule has 1 N–H and O–H groups in total. The highest BCUT2D eigenvalue weighted by Crippen LogP contribution is 2.36. The van der Waals surface area contributed by atoms with Crippen molar-refractivity contribution in [1.29, 1.82) is 0 Å².